The molecule has 0 atom stereocenters. The molecule has 0 saturated heterocycles. The van der Waals surface area contributed by atoms with E-state index in [1.54, 1.807) is 0 Å². The van der Waals surface area contributed by atoms with Gasteiger partial charge in [0.05, 0.1) is 5.41 Å². The summed E-state index contributed by atoms with van der Waals surface area (Å²) in [6, 6.07) is 25.9. The van der Waals surface area contributed by atoms with Gasteiger partial charge in [0.25, 0.3) is 0 Å². The molecule has 1 aliphatic carbocycles. The summed E-state index contributed by atoms with van der Waals surface area (Å²) in [6.07, 6.45) is 1.44. The van der Waals surface area contributed by atoms with E-state index >= 15 is 0 Å². The number of carbonyl (C=O) groups is 1. The Hall–Kier alpha value is -3.07. The van der Waals surface area contributed by atoms with E-state index < -0.39 is 11.4 Å². The van der Waals surface area contributed by atoms with Crippen molar-refractivity contribution in [1.29, 1.82) is 0 Å². The highest BCUT2D eigenvalue weighted by Crippen LogP contribution is 2.48. The number of hydrogen-bond acceptors (Lipinski definition) is 2. The van der Waals surface area contributed by atoms with Gasteiger partial charge in [-0.25, -0.2) is 0 Å². The molecule has 4 rings (SSSR count). The maximum absolute atomic E-state index is 11.5. The lowest BCUT2D eigenvalue weighted by molar-refractivity contribution is -0.140. The highest BCUT2D eigenvalue weighted by molar-refractivity contribution is 5.85. The highest BCUT2D eigenvalue weighted by atomic mass is 16.5. The van der Waals surface area contributed by atoms with E-state index in [4.69, 9.17) is 4.74 Å². The maximum atomic E-state index is 11.5. The number of benzene rings is 3. The van der Waals surface area contributed by atoms with E-state index in [1.807, 2.05) is 78.9 Å². The third-order valence-corrected chi connectivity index (χ3v) is 5.03. The van der Waals surface area contributed by atoms with Crippen LogP contribution in [0.25, 0.3) is 11.1 Å². The zero-order chi connectivity index (χ0) is 18.0. The van der Waals surface area contributed by atoms with E-state index in [0.29, 0.717) is 6.61 Å². The molecule has 3 heteroatoms. The predicted octanol–water partition coefficient (Wildman–Crippen LogP) is 5.05. The quantitative estimate of drug-likeness (QED) is 0.681. The average molecular weight is 344 g/mol. The van der Waals surface area contributed by atoms with Crippen LogP contribution in [0.1, 0.15) is 24.0 Å². The van der Waals surface area contributed by atoms with Gasteiger partial charge in [0.1, 0.15) is 12.4 Å². The molecule has 3 nitrogen and oxygen atoms in total. The van der Waals surface area contributed by atoms with Crippen molar-refractivity contribution in [2.24, 2.45) is 0 Å². The van der Waals surface area contributed by atoms with E-state index in [9.17, 15) is 9.90 Å². The molecule has 130 valence electrons. The molecule has 26 heavy (non-hydrogen) atoms. The Balaban J connectivity index is 1.57. The van der Waals surface area contributed by atoms with Crippen molar-refractivity contribution < 1.29 is 14.6 Å². The van der Waals surface area contributed by atoms with Crippen LogP contribution in [-0.4, -0.2) is 11.1 Å². The summed E-state index contributed by atoms with van der Waals surface area (Å²) >= 11 is 0. The lowest BCUT2D eigenvalue weighted by atomic mass is 9.93. The molecule has 1 fully saturated rings. The highest BCUT2D eigenvalue weighted by Gasteiger charge is 2.51. The first-order chi connectivity index (χ1) is 12.7. The number of rotatable bonds is 6. The van der Waals surface area contributed by atoms with E-state index in [-0.39, 0.29) is 0 Å². The fraction of sp³-hybridized carbons (Fsp3) is 0.174. The van der Waals surface area contributed by atoms with Crippen LogP contribution in [0.15, 0.2) is 78.9 Å². The minimum absolute atomic E-state index is 0.512. The minimum atomic E-state index is -0.725. The van der Waals surface area contributed by atoms with Gasteiger partial charge in [0.2, 0.25) is 0 Å². The Labute approximate surface area is 152 Å². The number of para-hydroxylation sites is 1. The van der Waals surface area contributed by atoms with Gasteiger partial charge in [0.15, 0.2) is 0 Å². The number of hydrogen-bond donors (Lipinski definition) is 1. The monoisotopic (exact) mass is 344 g/mol. The van der Waals surface area contributed by atoms with E-state index in [0.717, 1.165) is 40.8 Å². The van der Waals surface area contributed by atoms with Crippen LogP contribution < -0.4 is 4.74 Å². The Morgan fingerprint density at radius 3 is 2.19 bits per heavy atom. The van der Waals surface area contributed by atoms with Crippen LogP contribution in [0, 0.1) is 0 Å². The van der Waals surface area contributed by atoms with Crippen LogP contribution in [0.3, 0.4) is 0 Å². The normalized spacial score (nSPS) is 14.6. The second-order valence-electron chi connectivity index (χ2n) is 6.74. The van der Waals surface area contributed by atoms with Crippen molar-refractivity contribution in [2.75, 3.05) is 0 Å². The molecule has 1 aliphatic rings. The molecule has 0 bridgehead atoms. The lowest BCUT2D eigenvalue weighted by Crippen LogP contribution is -2.19. The van der Waals surface area contributed by atoms with Crippen LogP contribution in [0.5, 0.6) is 5.75 Å². The summed E-state index contributed by atoms with van der Waals surface area (Å²) in [4.78, 5) is 11.5. The summed E-state index contributed by atoms with van der Waals surface area (Å²) in [5.74, 6) is 0.0975. The van der Waals surface area contributed by atoms with Gasteiger partial charge in [-0.1, -0.05) is 72.8 Å². The molecule has 0 amide bonds. The van der Waals surface area contributed by atoms with Crippen molar-refractivity contribution in [1.82, 2.24) is 0 Å². The third kappa shape index (κ3) is 3.08. The molecule has 3 aromatic carbocycles. The molecule has 0 spiro atoms. The van der Waals surface area contributed by atoms with Crippen molar-refractivity contribution in [3.8, 4) is 16.9 Å². The summed E-state index contributed by atoms with van der Waals surface area (Å²) in [7, 11) is 0. The van der Waals surface area contributed by atoms with Gasteiger partial charge < -0.3 is 9.84 Å². The SMILES string of the molecule is O=C(O)C1(c2ccc(-c3ccccc3OCc3ccccc3)cc2)CC1. The molecular weight excluding hydrogens is 324 g/mol. The first-order valence-electron chi connectivity index (χ1n) is 8.79. The van der Waals surface area contributed by atoms with Crippen LogP contribution in [-0.2, 0) is 16.8 Å². The zero-order valence-electron chi connectivity index (χ0n) is 14.4. The van der Waals surface area contributed by atoms with Crippen LogP contribution >= 0.6 is 0 Å². The second kappa shape index (κ2) is 6.68. The Morgan fingerprint density at radius 1 is 0.885 bits per heavy atom. The van der Waals surface area contributed by atoms with Crippen molar-refractivity contribution in [3.05, 3.63) is 90.0 Å². The number of carboxylic acid groups (broad SMARTS) is 1. The van der Waals surface area contributed by atoms with E-state index in [2.05, 4.69) is 0 Å². The first kappa shape index (κ1) is 16.4. The Bertz CT molecular complexity index is 910. The van der Waals surface area contributed by atoms with E-state index in [1.165, 1.54) is 0 Å². The molecule has 0 heterocycles. The smallest absolute Gasteiger partial charge is 0.314 e. The first-order valence-corrected chi connectivity index (χ1v) is 8.79. The van der Waals surface area contributed by atoms with Crippen molar-refractivity contribution >= 4 is 5.97 Å². The topological polar surface area (TPSA) is 46.5 Å². The summed E-state index contributed by atoms with van der Waals surface area (Å²) in [5, 5.41) is 9.45. The predicted molar refractivity (Wildman–Crippen MR) is 101 cm³/mol. The summed E-state index contributed by atoms with van der Waals surface area (Å²) in [5.41, 5.74) is 3.38. The van der Waals surface area contributed by atoms with Crippen molar-refractivity contribution in [2.45, 2.75) is 24.9 Å². The van der Waals surface area contributed by atoms with Gasteiger partial charge in [-0.15, -0.1) is 0 Å². The Morgan fingerprint density at radius 2 is 1.54 bits per heavy atom. The molecule has 0 aliphatic heterocycles. The van der Waals surface area contributed by atoms with Gasteiger partial charge in [-0.3, -0.25) is 4.79 Å². The van der Waals surface area contributed by atoms with Crippen LogP contribution in [0.4, 0.5) is 0 Å². The van der Waals surface area contributed by atoms with Gasteiger partial charge in [0, 0.05) is 5.56 Å². The lowest BCUT2D eigenvalue weighted by Gasteiger charge is -2.14. The second-order valence-corrected chi connectivity index (χ2v) is 6.74. The molecule has 0 unspecified atom stereocenters. The molecule has 1 N–H and O–H groups in total. The minimum Gasteiger partial charge on any atom is -0.488 e. The van der Waals surface area contributed by atoms with Gasteiger partial charge in [-0.05, 0) is 35.6 Å². The molecule has 3 aromatic rings. The number of aliphatic carboxylic acids is 1. The van der Waals surface area contributed by atoms with Crippen LogP contribution in [0.2, 0.25) is 0 Å². The standard InChI is InChI=1S/C23H20O3/c24-22(25)23(14-15-23)19-12-10-18(11-13-19)20-8-4-5-9-21(20)26-16-17-6-2-1-3-7-17/h1-13H,14-16H2,(H,24,25). The molecule has 0 radical (unpaired) electrons. The fourth-order valence-electron chi connectivity index (χ4n) is 3.29. The van der Waals surface area contributed by atoms with Crippen molar-refractivity contribution in [3.63, 3.8) is 0 Å². The molecule has 0 aromatic heterocycles. The van der Waals surface area contributed by atoms with Gasteiger partial charge >= 0.3 is 5.97 Å². The Kier molecular flexibility index (Phi) is 4.21. The maximum Gasteiger partial charge on any atom is 0.314 e. The molecule has 1 saturated carbocycles. The van der Waals surface area contributed by atoms with Gasteiger partial charge in [-0.2, -0.15) is 0 Å². The zero-order valence-corrected chi connectivity index (χ0v) is 14.4. The number of ether oxygens (including phenoxy) is 1. The molecular formula is C23H20O3. The average Bonchev–Trinajstić information content (AvgIpc) is 3.50. The third-order valence-electron chi connectivity index (χ3n) is 5.03. The number of carboxylic acids is 1. The summed E-state index contributed by atoms with van der Waals surface area (Å²) < 4.78 is 6.03. The summed E-state index contributed by atoms with van der Waals surface area (Å²) in [6.45, 7) is 0.512. The fourth-order valence-corrected chi connectivity index (χ4v) is 3.29. The largest absolute Gasteiger partial charge is 0.488 e.